The quantitative estimate of drug-likeness (QED) is 0.195. The number of hydrogen-bond donors (Lipinski definition) is 1. The summed E-state index contributed by atoms with van der Waals surface area (Å²) in [5.41, 5.74) is 4.41. The zero-order chi connectivity index (χ0) is 24.5. The molecule has 1 heterocycles. The van der Waals surface area contributed by atoms with Crippen molar-refractivity contribution in [3.05, 3.63) is 91.0 Å². The molecule has 0 atom stereocenters. The van der Waals surface area contributed by atoms with Crippen molar-refractivity contribution in [3.63, 3.8) is 0 Å². The van der Waals surface area contributed by atoms with Crippen LogP contribution in [-0.4, -0.2) is 34.4 Å². The molecule has 0 aliphatic rings. The van der Waals surface area contributed by atoms with Gasteiger partial charge in [-0.3, -0.25) is 4.79 Å². The summed E-state index contributed by atoms with van der Waals surface area (Å²) < 4.78 is 7.83. The second-order valence-corrected chi connectivity index (χ2v) is 9.50. The van der Waals surface area contributed by atoms with Gasteiger partial charge in [0, 0.05) is 29.5 Å². The molecular weight excluding hydrogens is 454 g/mol. The summed E-state index contributed by atoms with van der Waals surface area (Å²) in [7, 11) is 0. The van der Waals surface area contributed by atoms with E-state index >= 15 is 0 Å². The van der Waals surface area contributed by atoms with Gasteiger partial charge in [-0.05, 0) is 32.4 Å². The summed E-state index contributed by atoms with van der Waals surface area (Å²) in [6, 6.07) is 30.4. The average Bonchev–Trinajstić information content (AvgIpc) is 3.29. The molecule has 0 fully saturated rings. The van der Waals surface area contributed by atoms with Crippen LogP contribution >= 0.6 is 11.8 Å². The van der Waals surface area contributed by atoms with E-state index in [1.807, 2.05) is 42.5 Å². The van der Waals surface area contributed by atoms with Gasteiger partial charge in [-0.1, -0.05) is 90.6 Å². The standard InChI is InChI=1S/C29H31N3O2S/c1-22(2)32-28(24-15-8-4-9-16-24)27(23-13-6-3-7-14-23)31-29(32)35-20-12-19-30-26(33)21-34-25-17-10-5-11-18-25/h3-11,13-18,22H,12,19-21H2,1-2H3,(H,30,33). The number of thioether (sulfide) groups is 1. The number of benzene rings is 3. The Kier molecular flexibility index (Phi) is 8.63. The van der Waals surface area contributed by atoms with Crippen molar-refractivity contribution in [2.45, 2.75) is 31.5 Å². The van der Waals surface area contributed by atoms with Crippen molar-refractivity contribution in [1.29, 1.82) is 0 Å². The molecule has 180 valence electrons. The van der Waals surface area contributed by atoms with E-state index in [1.165, 1.54) is 0 Å². The molecule has 1 aromatic heterocycles. The Morgan fingerprint density at radius 3 is 2.14 bits per heavy atom. The summed E-state index contributed by atoms with van der Waals surface area (Å²) >= 11 is 1.73. The van der Waals surface area contributed by atoms with Crippen LogP contribution in [0.2, 0.25) is 0 Å². The first kappa shape index (κ1) is 24.6. The summed E-state index contributed by atoms with van der Waals surface area (Å²) in [6.45, 7) is 5.01. The fourth-order valence-corrected chi connectivity index (χ4v) is 4.91. The maximum Gasteiger partial charge on any atom is 0.257 e. The third-order valence-corrected chi connectivity index (χ3v) is 6.52. The van der Waals surface area contributed by atoms with Crippen LogP contribution < -0.4 is 10.1 Å². The van der Waals surface area contributed by atoms with Crippen molar-refractivity contribution >= 4 is 17.7 Å². The number of rotatable bonds is 11. The van der Waals surface area contributed by atoms with Gasteiger partial charge in [0.2, 0.25) is 0 Å². The zero-order valence-corrected chi connectivity index (χ0v) is 21.0. The third-order valence-electron chi connectivity index (χ3n) is 5.48. The second kappa shape index (κ2) is 12.3. The molecule has 3 aromatic carbocycles. The normalized spacial score (nSPS) is 10.9. The van der Waals surface area contributed by atoms with Gasteiger partial charge in [0.1, 0.15) is 5.75 Å². The van der Waals surface area contributed by atoms with Crippen molar-refractivity contribution in [2.24, 2.45) is 0 Å². The first-order valence-corrected chi connectivity index (χ1v) is 12.9. The molecule has 1 amide bonds. The summed E-state index contributed by atoms with van der Waals surface area (Å²) in [6.07, 6.45) is 0.841. The van der Waals surface area contributed by atoms with Gasteiger partial charge in [-0.25, -0.2) is 4.98 Å². The van der Waals surface area contributed by atoms with Gasteiger partial charge < -0.3 is 14.6 Å². The molecular formula is C29H31N3O2S. The van der Waals surface area contributed by atoms with E-state index < -0.39 is 0 Å². The lowest BCUT2D eigenvalue weighted by atomic mass is 10.0. The number of ether oxygens (including phenoxy) is 1. The van der Waals surface area contributed by atoms with Gasteiger partial charge in [0.05, 0.1) is 11.4 Å². The molecule has 0 aliphatic carbocycles. The Balaban J connectivity index is 1.41. The number of nitrogens with one attached hydrogen (secondary N) is 1. The Morgan fingerprint density at radius 2 is 1.51 bits per heavy atom. The molecule has 0 bridgehead atoms. The SMILES string of the molecule is CC(C)n1c(SCCCNC(=O)COc2ccccc2)nc(-c2ccccc2)c1-c1ccccc1. The molecule has 0 unspecified atom stereocenters. The van der Waals surface area contributed by atoms with Crippen molar-refractivity contribution in [1.82, 2.24) is 14.9 Å². The minimum Gasteiger partial charge on any atom is -0.484 e. The van der Waals surface area contributed by atoms with E-state index in [1.54, 1.807) is 11.8 Å². The first-order valence-electron chi connectivity index (χ1n) is 11.9. The fraction of sp³-hybridized carbons (Fsp3) is 0.241. The summed E-state index contributed by atoms with van der Waals surface area (Å²) in [4.78, 5) is 17.2. The van der Waals surface area contributed by atoms with Gasteiger partial charge >= 0.3 is 0 Å². The predicted molar refractivity (Wildman–Crippen MR) is 144 cm³/mol. The number of amides is 1. The second-order valence-electron chi connectivity index (χ2n) is 8.44. The van der Waals surface area contributed by atoms with E-state index in [-0.39, 0.29) is 18.6 Å². The number of imidazole rings is 1. The molecule has 4 rings (SSSR count). The number of nitrogens with zero attached hydrogens (tertiary/aromatic N) is 2. The summed E-state index contributed by atoms with van der Waals surface area (Å²) in [5.74, 6) is 1.44. The highest BCUT2D eigenvalue weighted by Gasteiger charge is 2.21. The molecule has 0 saturated heterocycles. The van der Waals surface area contributed by atoms with E-state index in [9.17, 15) is 4.79 Å². The molecule has 1 N–H and O–H groups in total. The van der Waals surface area contributed by atoms with Gasteiger partial charge in [0.25, 0.3) is 5.91 Å². The zero-order valence-electron chi connectivity index (χ0n) is 20.2. The Labute approximate surface area is 211 Å². The maximum atomic E-state index is 12.1. The average molecular weight is 486 g/mol. The van der Waals surface area contributed by atoms with Crippen LogP contribution in [0, 0.1) is 0 Å². The highest BCUT2D eigenvalue weighted by atomic mass is 32.2. The smallest absolute Gasteiger partial charge is 0.257 e. The Bertz CT molecular complexity index is 1210. The van der Waals surface area contributed by atoms with Crippen LogP contribution in [-0.2, 0) is 4.79 Å². The fourth-order valence-electron chi connectivity index (χ4n) is 3.84. The topological polar surface area (TPSA) is 56.2 Å². The first-order chi connectivity index (χ1) is 17.1. The lowest BCUT2D eigenvalue weighted by Crippen LogP contribution is -2.29. The minimum atomic E-state index is -0.111. The Hall–Kier alpha value is -3.51. The molecule has 6 heteroatoms. The third kappa shape index (κ3) is 6.55. The predicted octanol–water partition coefficient (Wildman–Crippen LogP) is 6.48. The van der Waals surface area contributed by atoms with Crippen LogP contribution in [0.1, 0.15) is 26.3 Å². The van der Waals surface area contributed by atoms with Gasteiger partial charge in [-0.2, -0.15) is 0 Å². The molecule has 4 aromatic rings. The number of hydrogen-bond acceptors (Lipinski definition) is 4. The van der Waals surface area contributed by atoms with E-state index in [2.05, 4.69) is 72.3 Å². The Morgan fingerprint density at radius 1 is 0.914 bits per heavy atom. The lowest BCUT2D eigenvalue weighted by molar-refractivity contribution is -0.123. The highest BCUT2D eigenvalue weighted by Crippen LogP contribution is 2.38. The van der Waals surface area contributed by atoms with Crippen molar-refractivity contribution < 1.29 is 9.53 Å². The van der Waals surface area contributed by atoms with E-state index in [0.29, 0.717) is 12.3 Å². The monoisotopic (exact) mass is 485 g/mol. The molecule has 0 radical (unpaired) electrons. The summed E-state index contributed by atoms with van der Waals surface area (Å²) in [5, 5.41) is 3.94. The number of carbonyl (C=O) groups excluding carboxylic acids is 1. The molecule has 0 spiro atoms. The molecule has 35 heavy (non-hydrogen) atoms. The van der Waals surface area contributed by atoms with Gasteiger partial charge in [-0.15, -0.1) is 0 Å². The van der Waals surface area contributed by atoms with Crippen LogP contribution in [0.3, 0.4) is 0 Å². The number of para-hydroxylation sites is 1. The van der Waals surface area contributed by atoms with Crippen LogP contribution in [0.4, 0.5) is 0 Å². The van der Waals surface area contributed by atoms with Gasteiger partial charge in [0.15, 0.2) is 11.8 Å². The van der Waals surface area contributed by atoms with Crippen molar-refractivity contribution in [2.75, 3.05) is 18.9 Å². The number of aromatic nitrogens is 2. The molecule has 0 saturated carbocycles. The lowest BCUT2D eigenvalue weighted by Gasteiger charge is -2.16. The van der Waals surface area contributed by atoms with Crippen LogP contribution in [0.5, 0.6) is 5.75 Å². The molecule has 5 nitrogen and oxygen atoms in total. The van der Waals surface area contributed by atoms with Crippen LogP contribution in [0.15, 0.2) is 96.2 Å². The van der Waals surface area contributed by atoms with Crippen molar-refractivity contribution in [3.8, 4) is 28.3 Å². The maximum absolute atomic E-state index is 12.1. The number of carbonyl (C=O) groups is 1. The van der Waals surface area contributed by atoms with E-state index in [4.69, 9.17) is 9.72 Å². The van der Waals surface area contributed by atoms with E-state index in [0.717, 1.165) is 39.8 Å². The van der Waals surface area contributed by atoms with Crippen LogP contribution in [0.25, 0.3) is 22.5 Å². The highest BCUT2D eigenvalue weighted by molar-refractivity contribution is 7.99. The minimum absolute atomic E-state index is 0.0236. The largest absolute Gasteiger partial charge is 0.484 e. The molecule has 0 aliphatic heterocycles.